The van der Waals surface area contributed by atoms with Gasteiger partial charge in [-0.05, 0) is 37.1 Å². The van der Waals surface area contributed by atoms with Crippen molar-refractivity contribution in [2.45, 2.75) is 23.8 Å². The normalized spacial score (nSPS) is 17.0. The van der Waals surface area contributed by atoms with Crippen molar-refractivity contribution < 1.29 is 22.7 Å². The van der Waals surface area contributed by atoms with Gasteiger partial charge in [-0.3, -0.25) is 4.31 Å². The summed E-state index contributed by atoms with van der Waals surface area (Å²) in [6.45, 7) is 0.788. The zero-order valence-electron chi connectivity index (χ0n) is 14.5. The van der Waals surface area contributed by atoms with Gasteiger partial charge < -0.3 is 9.47 Å². The van der Waals surface area contributed by atoms with Gasteiger partial charge in [-0.25, -0.2) is 13.2 Å². The lowest BCUT2D eigenvalue weighted by Gasteiger charge is -2.21. The van der Waals surface area contributed by atoms with Crippen molar-refractivity contribution in [2.75, 3.05) is 24.6 Å². The minimum absolute atomic E-state index is 0.0216. The number of carbonyl (C=O) groups is 1. The summed E-state index contributed by atoms with van der Waals surface area (Å²) in [4.78, 5) is 12.4. The molecule has 0 bridgehead atoms. The maximum Gasteiger partial charge on any atom is 0.339 e. The molecule has 1 heterocycles. The smallest absolute Gasteiger partial charge is 0.339 e. The summed E-state index contributed by atoms with van der Waals surface area (Å²) in [7, 11) is -2.45. The molecule has 0 spiro atoms. The second-order valence-corrected chi connectivity index (χ2v) is 7.98. The number of carbonyl (C=O) groups excluding carboxylic acids is 1. The third kappa shape index (κ3) is 3.89. The number of para-hydroxylation sites is 1. The van der Waals surface area contributed by atoms with Crippen LogP contribution in [0.25, 0.3) is 0 Å². The number of ether oxygens (including phenoxy) is 2. The fourth-order valence-corrected chi connectivity index (χ4v) is 4.18. The van der Waals surface area contributed by atoms with Crippen molar-refractivity contribution in [3.05, 3.63) is 60.2 Å². The maximum absolute atomic E-state index is 13.0. The first-order chi connectivity index (χ1) is 12.5. The third-order valence-corrected chi connectivity index (χ3v) is 6.13. The van der Waals surface area contributed by atoms with E-state index in [1.54, 1.807) is 42.5 Å². The Balaban J connectivity index is 1.84. The molecule has 0 aliphatic carbocycles. The van der Waals surface area contributed by atoms with E-state index in [1.807, 2.05) is 0 Å². The Labute approximate surface area is 153 Å². The molecule has 0 saturated carbocycles. The highest BCUT2D eigenvalue weighted by Crippen LogP contribution is 2.25. The van der Waals surface area contributed by atoms with Crippen LogP contribution in [-0.4, -0.2) is 40.8 Å². The predicted molar refractivity (Wildman–Crippen MR) is 97.7 cm³/mol. The summed E-state index contributed by atoms with van der Waals surface area (Å²) < 4.78 is 37.9. The molecule has 6 nitrogen and oxygen atoms in total. The lowest BCUT2D eigenvalue weighted by Crippen LogP contribution is -2.28. The SMILES string of the molecule is CN(c1ccccc1)S(=O)(=O)c1ccccc1C(=O)OCC1CCCO1. The van der Waals surface area contributed by atoms with E-state index >= 15 is 0 Å². The Hall–Kier alpha value is -2.38. The number of hydrogen-bond donors (Lipinski definition) is 0. The van der Waals surface area contributed by atoms with E-state index in [9.17, 15) is 13.2 Å². The zero-order valence-corrected chi connectivity index (χ0v) is 15.3. The fraction of sp³-hybridized carbons (Fsp3) is 0.316. The molecule has 1 aliphatic heterocycles. The molecule has 26 heavy (non-hydrogen) atoms. The highest BCUT2D eigenvalue weighted by atomic mass is 32.2. The highest BCUT2D eigenvalue weighted by molar-refractivity contribution is 7.92. The molecule has 138 valence electrons. The second kappa shape index (κ2) is 7.88. The molecule has 1 aliphatic rings. The fourth-order valence-electron chi connectivity index (χ4n) is 2.81. The Bertz CT molecular complexity index is 861. The van der Waals surface area contributed by atoms with Crippen LogP contribution in [-0.2, 0) is 19.5 Å². The minimum atomic E-state index is -3.90. The van der Waals surface area contributed by atoms with Gasteiger partial charge in [0.05, 0.1) is 17.4 Å². The summed E-state index contributed by atoms with van der Waals surface area (Å²) in [5, 5.41) is 0. The summed E-state index contributed by atoms with van der Waals surface area (Å²) in [5.74, 6) is -0.666. The van der Waals surface area contributed by atoms with Crippen molar-refractivity contribution in [3.8, 4) is 0 Å². The molecular formula is C19H21NO5S. The van der Waals surface area contributed by atoms with Gasteiger partial charge in [0, 0.05) is 13.7 Å². The quantitative estimate of drug-likeness (QED) is 0.726. The third-order valence-electron chi connectivity index (χ3n) is 4.29. The first-order valence-corrected chi connectivity index (χ1v) is 9.86. The van der Waals surface area contributed by atoms with E-state index in [2.05, 4.69) is 0 Å². The predicted octanol–water partition coefficient (Wildman–Crippen LogP) is 2.85. The average molecular weight is 375 g/mol. The van der Waals surface area contributed by atoms with Crippen molar-refractivity contribution in [2.24, 2.45) is 0 Å². The largest absolute Gasteiger partial charge is 0.459 e. The van der Waals surface area contributed by atoms with E-state index in [-0.39, 0.29) is 23.2 Å². The van der Waals surface area contributed by atoms with Gasteiger partial charge in [0.2, 0.25) is 0 Å². The topological polar surface area (TPSA) is 72.9 Å². The Morgan fingerprint density at radius 1 is 1.15 bits per heavy atom. The average Bonchev–Trinajstić information content (AvgIpc) is 3.20. The molecule has 0 radical (unpaired) electrons. The van der Waals surface area contributed by atoms with Crippen LogP contribution >= 0.6 is 0 Å². The Kier molecular flexibility index (Phi) is 5.58. The van der Waals surface area contributed by atoms with E-state index in [4.69, 9.17) is 9.47 Å². The van der Waals surface area contributed by atoms with Crippen molar-refractivity contribution in [1.82, 2.24) is 0 Å². The van der Waals surface area contributed by atoms with E-state index < -0.39 is 16.0 Å². The molecule has 1 atom stereocenters. The maximum atomic E-state index is 13.0. The number of sulfonamides is 1. The summed E-state index contributed by atoms with van der Waals surface area (Å²) >= 11 is 0. The van der Waals surface area contributed by atoms with Gasteiger partial charge in [-0.2, -0.15) is 0 Å². The highest BCUT2D eigenvalue weighted by Gasteiger charge is 2.28. The van der Waals surface area contributed by atoms with Gasteiger partial charge in [0.15, 0.2) is 0 Å². The molecule has 0 aromatic heterocycles. The Morgan fingerprint density at radius 3 is 2.54 bits per heavy atom. The first kappa shape index (κ1) is 18.4. The standard InChI is InChI=1S/C19H21NO5S/c1-20(15-8-3-2-4-9-15)26(22,23)18-12-6-5-11-17(18)19(21)25-14-16-10-7-13-24-16/h2-6,8-9,11-12,16H,7,10,13-14H2,1H3. The molecule has 1 fully saturated rings. The van der Waals surface area contributed by atoms with Gasteiger partial charge in [-0.15, -0.1) is 0 Å². The number of anilines is 1. The zero-order chi connectivity index (χ0) is 18.6. The molecule has 7 heteroatoms. The van der Waals surface area contributed by atoms with Crippen LogP contribution in [0.1, 0.15) is 23.2 Å². The van der Waals surface area contributed by atoms with Crippen LogP contribution in [0.4, 0.5) is 5.69 Å². The van der Waals surface area contributed by atoms with E-state index in [1.165, 1.54) is 19.2 Å². The van der Waals surface area contributed by atoms with Crippen molar-refractivity contribution >= 4 is 21.7 Å². The van der Waals surface area contributed by atoms with Crippen molar-refractivity contribution in [1.29, 1.82) is 0 Å². The molecular weight excluding hydrogens is 354 g/mol. The number of esters is 1. The van der Waals surface area contributed by atoms with Gasteiger partial charge in [0.1, 0.15) is 11.5 Å². The van der Waals surface area contributed by atoms with Gasteiger partial charge >= 0.3 is 5.97 Å². The molecule has 2 aromatic carbocycles. The lowest BCUT2D eigenvalue weighted by atomic mass is 10.2. The van der Waals surface area contributed by atoms with Crippen LogP contribution in [0.5, 0.6) is 0 Å². The molecule has 0 amide bonds. The van der Waals surface area contributed by atoms with Gasteiger partial charge in [-0.1, -0.05) is 30.3 Å². The lowest BCUT2D eigenvalue weighted by molar-refractivity contribution is 0.0158. The van der Waals surface area contributed by atoms with Crippen LogP contribution in [0, 0.1) is 0 Å². The first-order valence-electron chi connectivity index (χ1n) is 8.42. The molecule has 1 unspecified atom stereocenters. The monoisotopic (exact) mass is 375 g/mol. The van der Waals surface area contributed by atoms with Crippen LogP contribution in [0.3, 0.4) is 0 Å². The summed E-state index contributed by atoms with van der Waals surface area (Å²) in [5.41, 5.74) is 0.531. The van der Waals surface area contributed by atoms with Crippen molar-refractivity contribution in [3.63, 3.8) is 0 Å². The Morgan fingerprint density at radius 2 is 1.85 bits per heavy atom. The molecule has 1 saturated heterocycles. The van der Waals surface area contributed by atoms with Crippen LogP contribution < -0.4 is 4.31 Å². The molecule has 0 N–H and O–H groups in total. The molecule has 3 rings (SSSR count). The number of rotatable bonds is 6. The van der Waals surface area contributed by atoms with Crippen LogP contribution in [0.2, 0.25) is 0 Å². The number of benzene rings is 2. The van der Waals surface area contributed by atoms with E-state index in [0.29, 0.717) is 12.3 Å². The number of nitrogens with zero attached hydrogens (tertiary/aromatic N) is 1. The minimum Gasteiger partial charge on any atom is -0.459 e. The second-order valence-electron chi connectivity index (χ2n) is 6.04. The van der Waals surface area contributed by atoms with Gasteiger partial charge in [0.25, 0.3) is 10.0 Å². The number of hydrogen-bond acceptors (Lipinski definition) is 5. The summed E-state index contributed by atoms with van der Waals surface area (Å²) in [6.07, 6.45) is 1.66. The summed E-state index contributed by atoms with van der Waals surface area (Å²) in [6, 6.07) is 14.8. The van der Waals surface area contributed by atoms with Crippen LogP contribution in [0.15, 0.2) is 59.5 Å². The van der Waals surface area contributed by atoms with E-state index in [0.717, 1.165) is 17.1 Å². The molecule has 2 aromatic rings.